The highest BCUT2D eigenvalue weighted by Gasteiger charge is 2.27. The fraction of sp³-hybridized carbons (Fsp3) is 0.933. The zero-order chi connectivity index (χ0) is 17.8. The Morgan fingerprint density at radius 1 is 1.28 bits per heavy atom. The largest absolute Gasteiger partial charge is 0.411 e. The molecule has 0 aromatic carbocycles. The summed E-state index contributed by atoms with van der Waals surface area (Å²) in [5.41, 5.74) is 0. The predicted octanol–water partition coefficient (Wildman–Crippen LogP) is 1.85. The summed E-state index contributed by atoms with van der Waals surface area (Å²) in [6, 6.07) is 0.319. The summed E-state index contributed by atoms with van der Waals surface area (Å²) in [6.45, 7) is 8.19. The van der Waals surface area contributed by atoms with Gasteiger partial charge in [-0.15, -0.1) is 24.0 Å². The average molecular weight is 482 g/mol. The molecule has 1 fully saturated rings. The molecule has 25 heavy (non-hydrogen) atoms. The minimum atomic E-state index is -4.26. The number of alkyl halides is 3. The molecule has 2 N–H and O–H groups in total. The maximum atomic E-state index is 11.9. The first-order valence-corrected chi connectivity index (χ1v) is 8.41. The second-order valence-corrected chi connectivity index (χ2v) is 5.67. The summed E-state index contributed by atoms with van der Waals surface area (Å²) in [6.07, 6.45) is -3.78. The van der Waals surface area contributed by atoms with Gasteiger partial charge in [-0.1, -0.05) is 0 Å². The smallest absolute Gasteiger partial charge is 0.379 e. The molecule has 1 aliphatic rings. The number of morpholine rings is 1. The first-order valence-electron chi connectivity index (χ1n) is 8.41. The van der Waals surface area contributed by atoms with Crippen LogP contribution in [-0.2, 0) is 9.47 Å². The van der Waals surface area contributed by atoms with Crippen molar-refractivity contribution in [2.45, 2.75) is 32.5 Å². The van der Waals surface area contributed by atoms with E-state index in [0.717, 1.165) is 32.8 Å². The predicted molar refractivity (Wildman–Crippen MR) is 103 cm³/mol. The number of hydrogen-bond acceptors (Lipinski definition) is 4. The highest BCUT2D eigenvalue weighted by Crippen LogP contribution is 2.14. The molecule has 10 heteroatoms. The summed E-state index contributed by atoms with van der Waals surface area (Å²) in [7, 11) is 0. The summed E-state index contributed by atoms with van der Waals surface area (Å²) >= 11 is 0. The number of rotatable bonds is 9. The third-order valence-electron chi connectivity index (χ3n) is 3.55. The third kappa shape index (κ3) is 12.6. The van der Waals surface area contributed by atoms with Gasteiger partial charge in [0.25, 0.3) is 0 Å². The minimum Gasteiger partial charge on any atom is -0.379 e. The van der Waals surface area contributed by atoms with E-state index in [1.807, 2.05) is 6.92 Å². The second kappa shape index (κ2) is 13.8. The lowest BCUT2D eigenvalue weighted by Crippen LogP contribution is -2.44. The number of halogens is 4. The van der Waals surface area contributed by atoms with Crippen LogP contribution >= 0.6 is 24.0 Å². The lowest BCUT2D eigenvalue weighted by molar-refractivity contribution is -0.173. The van der Waals surface area contributed by atoms with Gasteiger partial charge in [-0.05, 0) is 20.3 Å². The Balaban J connectivity index is 0.00000576. The fourth-order valence-corrected chi connectivity index (χ4v) is 2.27. The van der Waals surface area contributed by atoms with Crippen molar-refractivity contribution in [3.63, 3.8) is 0 Å². The SMILES string of the molecule is CCNC(=NCC(C)N1CCOCC1)NCCCOCC(F)(F)F.I. The number of nitrogens with zero attached hydrogens (tertiary/aromatic N) is 2. The molecule has 150 valence electrons. The van der Waals surface area contributed by atoms with Crippen LogP contribution in [0, 0.1) is 0 Å². The van der Waals surface area contributed by atoms with Crippen molar-refractivity contribution in [1.82, 2.24) is 15.5 Å². The lowest BCUT2D eigenvalue weighted by atomic mass is 10.2. The van der Waals surface area contributed by atoms with Gasteiger partial charge in [0.05, 0.1) is 19.8 Å². The number of hydrogen-bond donors (Lipinski definition) is 2. The molecule has 1 heterocycles. The molecular formula is C15H30F3IN4O2. The van der Waals surface area contributed by atoms with Crippen LogP contribution in [0.15, 0.2) is 4.99 Å². The zero-order valence-corrected chi connectivity index (χ0v) is 17.2. The van der Waals surface area contributed by atoms with Gasteiger partial charge < -0.3 is 20.1 Å². The van der Waals surface area contributed by atoms with Gasteiger partial charge in [0.2, 0.25) is 0 Å². The van der Waals surface area contributed by atoms with Crippen molar-refractivity contribution in [2.75, 3.05) is 59.2 Å². The molecule has 6 nitrogen and oxygen atoms in total. The molecule has 1 rings (SSSR count). The van der Waals surface area contributed by atoms with Crippen molar-refractivity contribution < 1.29 is 22.6 Å². The molecule has 0 aliphatic carbocycles. The van der Waals surface area contributed by atoms with Crippen LogP contribution in [0.3, 0.4) is 0 Å². The van der Waals surface area contributed by atoms with Crippen LogP contribution in [0.25, 0.3) is 0 Å². The Hall–Kier alpha value is -0.330. The van der Waals surface area contributed by atoms with E-state index in [1.54, 1.807) is 0 Å². The van der Waals surface area contributed by atoms with E-state index in [-0.39, 0.29) is 30.6 Å². The standard InChI is InChI=1S/C15H29F3N4O2.HI/c1-3-19-14(20-5-4-8-24-12-15(16,17)18)21-11-13(2)22-6-9-23-10-7-22;/h13H,3-12H2,1-2H3,(H2,19,20,21);1H. The van der Waals surface area contributed by atoms with Crippen LogP contribution in [-0.4, -0.2) is 82.2 Å². The van der Waals surface area contributed by atoms with Gasteiger partial charge in [0.15, 0.2) is 5.96 Å². The first-order chi connectivity index (χ1) is 11.4. The highest BCUT2D eigenvalue weighted by atomic mass is 127. The van der Waals surface area contributed by atoms with Crippen molar-refractivity contribution in [3.8, 4) is 0 Å². The van der Waals surface area contributed by atoms with Gasteiger partial charge in [-0.25, -0.2) is 0 Å². The molecule has 1 unspecified atom stereocenters. The number of guanidine groups is 1. The van der Waals surface area contributed by atoms with E-state index < -0.39 is 12.8 Å². The van der Waals surface area contributed by atoms with E-state index in [9.17, 15) is 13.2 Å². The minimum absolute atomic E-state index is 0. The van der Waals surface area contributed by atoms with Gasteiger partial charge in [-0.3, -0.25) is 9.89 Å². The Morgan fingerprint density at radius 2 is 1.96 bits per heavy atom. The molecule has 0 aromatic rings. The van der Waals surface area contributed by atoms with Crippen LogP contribution in [0.1, 0.15) is 20.3 Å². The lowest BCUT2D eigenvalue weighted by Gasteiger charge is -2.31. The van der Waals surface area contributed by atoms with Crippen LogP contribution in [0.2, 0.25) is 0 Å². The van der Waals surface area contributed by atoms with Gasteiger partial charge in [0, 0.05) is 38.8 Å². The maximum Gasteiger partial charge on any atom is 0.411 e. The molecular weight excluding hydrogens is 452 g/mol. The van der Waals surface area contributed by atoms with E-state index in [4.69, 9.17) is 4.74 Å². The number of ether oxygens (including phenoxy) is 2. The number of nitrogens with one attached hydrogen (secondary N) is 2. The Morgan fingerprint density at radius 3 is 2.56 bits per heavy atom. The summed E-state index contributed by atoms with van der Waals surface area (Å²) in [4.78, 5) is 6.87. The van der Waals surface area contributed by atoms with Gasteiger partial charge >= 0.3 is 6.18 Å². The van der Waals surface area contributed by atoms with Crippen LogP contribution in [0.5, 0.6) is 0 Å². The van der Waals surface area contributed by atoms with Crippen LogP contribution < -0.4 is 10.6 Å². The van der Waals surface area contributed by atoms with Crippen molar-refractivity contribution in [2.24, 2.45) is 4.99 Å². The molecule has 0 aromatic heterocycles. The summed E-state index contributed by atoms with van der Waals surface area (Å²) in [5, 5.41) is 6.24. The summed E-state index contributed by atoms with van der Waals surface area (Å²) in [5.74, 6) is 0.674. The zero-order valence-electron chi connectivity index (χ0n) is 14.9. The fourth-order valence-electron chi connectivity index (χ4n) is 2.27. The Bertz CT molecular complexity index is 367. The molecule has 1 atom stereocenters. The maximum absolute atomic E-state index is 11.9. The van der Waals surface area contributed by atoms with Gasteiger partial charge in [-0.2, -0.15) is 13.2 Å². The van der Waals surface area contributed by atoms with E-state index >= 15 is 0 Å². The van der Waals surface area contributed by atoms with E-state index in [0.29, 0.717) is 31.5 Å². The average Bonchev–Trinajstić information content (AvgIpc) is 2.55. The van der Waals surface area contributed by atoms with Crippen molar-refractivity contribution in [1.29, 1.82) is 0 Å². The highest BCUT2D eigenvalue weighted by molar-refractivity contribution is 14.0. The third-order valence-corrected chi connectivity index (χ3v) is 3.55. The van der Waals surface area contributed by atoms with E-state index in [1.165, 1.54) is 0 Å². The normalized spacial score (nSPS) is 17.7. The molecule has 0 radical (unpaired) electrons. The monoisotopic (exact) mass is 482 g/mol. The molecule has 1 aliphatic heterocycles. The van der Waals surface area contributed by atoms with Gasteiger partial charge in [0.1, 0.15) is 6.61 Å². The number of aliphatic imine (C=N–C) groups is 1. The summed E-state index contributed by atoms with van der Waals surface area (Å²) < 4.78 is 45.7. The van der Waals surface area contributed by atoms with E-state index in [2.05, 4.69) is 32.2 Å². The van der Waals surface area contributed by atoms with Crippen molar-refractivity contribution >= 4 is 29.9 Å². The van der Waals surface area contributed by atoms with Crippen molar-refractivity contribution in [3.05, 3.63) is 0 Å². The topological polar surface area (TPSA) is 58.1 Å². The second-order valence-electron chi connectivity index (χ2n) is 5.67. The van der Waals surface area contributed by atoms with Crippen LogP contribution in [0.4, 0.5) is 13.2 Å². The quantitative estimate of drug-likeness (QED) is 0.228. The molecule has 1 saturated heterocycles. The molecule has 0 amide bonds. The molecule has 0 saturated carbocycles. The molecule has 0 spiro atoms. The first kappa shape index (κ1) is 24.7. The Kier molecular flexibility index (Phi) is 13.6. The Labute approximate surface area is 164 Å². The molecule has 0 bridgehead atoms.